The van der Waals surface area contributed by atoms with Crippen LogP contribution in [0.3, 0.4) is 0 Å². The number of amides is 1. The Balaban J connectivity index is 2.79. The van der Waals surface area contributed by atoms with Crippen LogP contribution in [0.1, 0.15) is 12.0 Å². The SMILES string of the molecule is COCCCNC(=O)/C(C#N)=C/c1cc(Cl)ccc1O. The molecule has 0 atom stereocenters. The van der Waals surface area contributed by atoms with Gasteiger partial charge in [0.05, 0.1) is 0 Å². The van der Waals surface area contributed by atoms with Gasteiger partial charge in [0.2, 0.25) is 0 Å². The number of aromatic hydroxyl groups is 1. The van der Waals surface area contributed by atoms with E-state index in [1.165, 1.54) is 24.3 Å². The van der Waals surface area contributed by atoms with Crippen molar-refractivity contribution in [1.82, 2.24) is 5.32 Å². The molecule has 1 aromatic rings. The molecule has 2 N–H and O–H groups in total. The number of nitriles is 1. The first-order valence-corrected chi connectivity index (χ1v) is 6.33. The van der Waals surface area contributed by atoms with Crippen LogP contribution in [-0.2, 0) is 9.53 Å². The molecule has 20 heavy (non-hydrogen) atoms. The van der Waals surface area contributed by atoms with Crippen molar-refractivity contribution in [3.05, 3.63) is 34.4 Å². The zero-order valence-electron chi connectivity index (χ0n) is 11.0. The number of carbonyl (C=O) groups excluding carboxylic acids is 1. The predicted molar refractivity (Wildman–Crippen MR) is 76.2 cm³/mol. The number of benzene rings is 1. The second-order valence-corrected chi connectivity index (χ2v) is 4.41. The average molecular weight is 295 g/mol. The summed E-state index contributed by atoms with van der Waals surface area (Å²) in [5.74, 6) is -0.544. The Hall–Kier alpha value is -2.03. The molecular weight excluding hydrogens is 280 g/mol. The summed E-state index contributed by atoms with van der Waals surface area (Å²) in [5, 5.41) is 21.7. The van der Waals surface area contributed by atoms with E-state index < -0.39 is 5.91 Å². The Bertz CT molecular complexity index is 550. The van der Waals surface area contributed by atoms with Gasteiger partial charge in [-0.1, -0.05) is 11.6 Å². The topological polar surface area (TPSA) is 82.3 Å². The summed E-state index contributed by atoms with van der Waals surface area (Å²) in [6.45, 7) is 0.939. The minimum Gasteiger partial charge on any atom is -0.507 e. The van der Waals surface area contributed by atoms with E-state index in [1.54, 1.807) is 13.2 Å². The van der Waals surface area contributed by atoms with Gasteiger partial charge in [-0.05, 0) is 30.7 Å². The zero-order valence-corrected chi connectivity index (χ0v) is 11.8. The number of hydrogen-bond donors (Lipinski definition) is 2. The van der Waals surface area contributed by atoms with Crippen LogP contribution in [0, 0.1) is 11.3 Å². The van der Waals surface area contributed by atoms with Gasteiger partial charge in [0.1, 0.15) is 17.4 Å². The number of halogens is 1. The number of nitrogens with zero attached hydrogens (tertiary/aromatic N) is 1. The first kappa shape index (κ1) is 16.0. The highest BCUT2D eigenvalue weighted by molar-refractivity contribution is 6.30. The second kappa shape index (κ2) is 8.20. The van der Waals surface area contributed by atoms with E-state index in [2.05, 4.69) is 5.32 Å². The van der Waals surface area contributed by atoms with Crippen LogP contribution in [0.2, 0.25) is 5.02 Å². The van der Waals surface area contributed by atoms with Gasteiger partial charge in [0.15, 0.2) is 0 Å². The summed E-state index contributed by atoms with van der Waals surface area (Å²) in [6.07, 6.45) is 1.95. The van der Waals surface area contributed by atoms with Crippen LogP contribution >= 0.6 is 11.6 Å². The number of rotatable bonds is 6. The summed E-state index contributed by atoms with van der Waals surface area (Å²) in [5.41, 5.74) is 0.223. The second-order valence-electron chi connectivity index (χ2n) is 3.98. The number of phenols is 1. The van der Waals surface area contributed by atoms with Crippen LogP contribution in [-0.4, -0.2) is 31.3 Å². The summed E-state index contributed by atoms with van der Waals surface area (Å²) in [7, 11) is 1.57. The fourth-order valence-electron chi connectivity index (χ4n) is 1.46. The predicted octanol–water partition coefficient (Wildman–Crippen LogP) is 2.11. The lowest BCUT2D eigenvalue weighted by molar-refractivity contribution is -0.117. The van der Waals surface area contributed by atoms with Crippen LogP contribution in [0.15, 0.2) is 23.8 Å². The molecule has 0 aliphatic rings. The van der Waals surface area contributed by atoms with Gasteiger partial charge in [-0.15, -0.1) is 0 Å². The van der Waals surface area contributed by atoms with Gasteiger partial charge >= 0.3 is 0 Å². The number of carbonyl (C=O) groups is 1. The van der Waals surface area contributed by atoms with Crippen molar-refractivity contribution in [2.24, 2.45) is 0 Å². The van der Waals surface area contributed by atoms with E-state index in [9.17, 15) is 9.90 Å². The number of ether oxygens (including phenoxy) is 1. The largest absolute Gasteiger partial charge is 0.507 e. The van der Waals surface area contributed by atoms with Crippen LogP contribution < -0.4 is 5.32 Å². The van der Waals surface area contributed by atoms with Crippen molar-refractivity contribution < 1.29 is 14.6 Å². The first-order chi connectivity index (χ1) is 9.58. The van der Waals surface area contributed by atoms with Gasteiger partial charge in [0.25, 0.3) is 5.91 Å². The summed E-state index contributed by atoms with van der Waals surface area (Å²) < 4.78 is 4.86. The van der Waals surface area contributed by atoms with Gasteiger partial charge < -0.3 is 15.2 Å². The van der Waals surface area contributed by atoms with Crippen molar-refractivity contribution in [2.45, 2.75) is 6.42 Å². The monoisotopic (exact) mass is 294 g/mol. The lowest BCUT2D eigenvalue weighted by Crippen LogP contribution is -2.26. The molecule has 0 fully saturated rings. The average Bonchev–Trinajstić information content (AvgIpc) is 2.44. The Kier molecular flexibility index (Phi) is 6.57. The maximum absolute atomic E-state index is 11.8. The number of nitrogens with one attached hydrogen (secondary N) is 1. The van der Waals surface area contributed by atoms with Crippen molar-refractivity contribution in [3.8, 4) is 11.8 Å². The molecule has 0 saturated carbocycles. The molecule has 5 nitrogen and oxygen atoms in total. The molecule has 0 spiro atoms. The fourth-order valence-corrected chi connectivity index (χ4v) is 1.64. The summed E-state index contributed by atoms with van der Waals surface area (Å²) in [4.78, 5) is 11.8. The van der Waals surface area contributed by atoms with Crippen LogP contribution in [0.25, 0.3) is 6.08 Å². The number of phenolic OH excluding ortho intramolecular Hbond substituents is 1. The Morgan fingerprint density at radius 1 is 1.60 bits per heavy atom. The first-order valence-electron chi connectivity index (χ1n) is 5.96. The van der Waals surface area contributed by atoms with E-state index >= 15 is 0 Å². The normalized spacial score (nSPS) is 10.9. The van der Waals surface area contributed by atoms with E-state index in [0.29, 0.717) is 30.2 Å². The van der Waals surface area contributed by atoms with E-state index in [4.69, 9.17) is 21.6 Å². The van der Waals surface area contributed by atoms with Crippen molar-refractivity contribution in [1.29, 1.82) is 5.26 Å². The van der Waals surface area contributed by atoms with E-state index in [0.717, 1.165) is 0 Å². The van der Waals surface area contributed by atoms with Crippen molar-refractivity contribution in [2.75, 3.05) is 20.3 Å². The standard InChI is InChI=1S/C14H15ClN2O3/c1-20-6-2-5-17-14(19)11(9-16)7-10-8-12(15)3-4-13(10)18/h3-4,7-8,18H,2,5-6H2,1H3,(H,17,19)/b11-7+. The summed E-state index contributed by atoms with van der Waals surface area (Å²) >= 11 is 5.80. The molecule has 0 bridgehead atoms. The molecule has 1 rings (SSSR count). The van der Waals surface area contributed by atoms with Crippen molar-refractivity contribution >= 4 is 23.6 Å². The molecule has 0 aliphatic heterocycles. The Labute approximate surface area is 122 Å². The highest BCUT2D eigenvalue weighted by Crippen LogP contribution is 2.23. The third kappa shape index (κ3) is 4.92. The molecule has 6 heteroatoms. The lowest BCUT2D eigenvalue weighted by atomic mass is 10.1. The molecule has 0 unspecified atom stereocenters. The summed E-state index contributed by atoms with van der Waals surface area (Å²) in [6, 6.07) is 6.20. The molecule has 0 heterocycles. The van der Waals surface area contributed by atoms with Crippen LogP contribution in [0.5, 0.6) is 5.75 Å². The van der Waals surface area contributed by atoms with Gasteiger partial charge in [-0.25, -0.2) is 0 Å². The number of methoxy groups -OCH3 is 1. The molecule has 106 valence electrons. The maximum Gasteiger partial charge on any atom is 0.261 e. The highest BCUT2D eigenvalue weighted by atomic mass is 35.5. The van der Waals surface area contributed by atoms with E-state index in [-0.39, 0.29) is 11.3 Å². The maximum atomic E-state index is 11.8. The van der Waals surface area contributed by atoms with Crippen molar-refractivity contribution in [3.63, 3.8) is 0 Å². The molecular formula is C14H15ClN2O3. The number of hydrogen-bond acceptors (Lipinski definition) is 4. The molecule has 0 aromatic heterocycles. The fraction of sp³-hybridized carbons (Fsp3) is 0.286. The Morgan fingerprint density at radius 3 is 3.00 bits per heavy atom. The minimum absolute atomic E-state index is 0.0469. The smallest absolute Gasteiger partial charge is 0.261 e. The molecule has 0 radical (unpaired) electrons. The highest BCUT2D eigenvalue weighted by Gasteiger charge is 2.10. The molecule has 0 aliphatic carbocycles. The molecule has 1 amide bonds. The third-order valence-electron chi connectivity index (χ3n) is 2.47. The van der Waals surface area contributed by atoms with Gasteiger partial charge in [0, 0.05) is 30.8 Å². The lowest BCUT2D eigenvalue weighted by Gasteiger charge is -2.04. The van der Waals surface area contributed by atoms with Gasteiger partial charge in [-0.3, -0.25) is 4.79 Å². The molecule has 0 saturated heterocycles. The van der Waals surface area contributed by atoms with Gasteiger partial charge in [-0.2, -0.15) is 5.26 Å². The third-order valence-corrected chi connectivity index (χ3v) is 2.70. The quantitative estimate of drug-likeness (QED) is 0.478. The van der Waals surface area contributed by atoms with E-state index in [1.807, 2.05) is 0 Å². The minimum atomic E-state index is -0.497. The molecule has 1 aromatic carbocycles. The van der Waals surface area contributed by atoms with Crippen LogP contribution in [0.4, 0.5) is 0 Å². The zero-order chi connectivity index (χ0) is 15.0. The Morgan fingerprint density at radius 2 is 2.35 bits per heavy atom.